The van der Waals surface area contributed by atoms with Gasteiger partial charge in [0, 0.05) is 5.41 Å². The first-order chi connectivity index (χ1) is 6.23. The van der Waals surface area contributed by atoms with Gasteiger partial charge in [-0.2, -0.15) is 0 Å². The van der Waals surface area contributed by atoms with Crippen molar-refractivity contribution in [2.24, 2.45) is 5.41 Å². The average Bonchev–Trinajstić information content (AvgIpc) is 2.54. The molecular formula is C11H14N2. The molecular weight excluding hydrogens is 160 g/mol. The van der Waals surface area contributed by atoms with E-state index in [2.05, 4.69) is 48.1 Å². The zero-order valence-corrected chi connectivity index (χ0v) is 8.04. The number of fused-ring (bicyclic) bond motifs is 1. The van der Waals surface area contributed by atoms with Crippen LogP contribution in [0.3, 0.4) is 0 Å². The molecule has 1 N–H and O–H groups in total. The molecule has 1 unspecified atom stereocenters. The molecule has 0 bridgehead atoms. The second-order valence-corrected chi connectivity index (χ2v) is 3.73. The van der Waals surface area contributed by atoms with E-state index in [1.165, 1.54) is 0 Å². The normalized spacial score (nSPS) is 18.3. The Kier molecular flexibility index (Phi) is 1.83. The second-order valence-electron chi connectivity index (χ2n) is 3.73. The molecule has 2 nitrogen and oxygen atoms in total. The number of H-pyrrole nitrogens is 1. The van der Waals surface area contributed by atoms with Crippen molar-refractivity contribution in [3.8, 4) is 0 Å². The summed E-state index contributed by atoms with van der Waals surface area (Å²) in [5.74, 6) is 0. The van der Waals surface area contributed by atoms with Gasteiger partial charge in [0.05, 0.1) is 17.7 Å². The van der Waals surface area contributed by atoms with Gasteiger partial charge in [-0.1, -0.05) is 26.0 Å². The molecule has 68 valence electrons. The summed E-state index contributed by atoms with van der Waals surface area (Å²) in [6.45, 7) is 4.42. The molecule has 13 heavy (non-hydrogen) atoms. The zero-order valence-electron chi connectivity index (χ0n) is 8.04. The van der Waals surface area contributed by atoms with Crippen LogP contribution in [0.1, 0.15) is 31.7 Å². The maximum atomic E-state index is 4.22. The summed E-state index contributed by atoms with van der Waals surface area (Å²) in [6, 6.07) is 0. The highest BCUT2D eigenvalue weighted by Crippen LogP contribution is 2.29. The number of allylic oxidation sites excluding steroid dienone is 2. The molecule has 0 aliphatic heterocycles. The van der Waals surface area contributed by atoms with E-state index in [0.29, 0.717) is 0 Å². The summed E-state index contributed by atoms with van der Waals surface area (Å²) >= 11 is 0. The standard InChI is InChI=1S/C11H14N2/c1-3-11(2)6-4-9-10(5-7-11)13-8-12-9/h4-8H,3H2,1-2H3,(H,12,13). The Hall–Kier alpha value is -1.31. The Balaban J connectivity index is 2.43. The topological polar surface area (TPSA) is 28.7 Å². The fourth-order valence-corrected chi connectivity index (χ4v) is 1.42. The molecule has 0 radical (unpaired) electrons. The Morgan fingerprint density at radius 1 is 1.38 bits per heavy atom. The van der Waals surface area contributed by atoms with Gasteiger partial charge in [0.25, 0.3) is 0 Å². The number of aromatic nitrogens is 2. The molecule has 1 aliphatic carbocycles. The molecule has 0 fully saturated rings. The van der Waals surface area contributed by atoms with Crippen LogP contribution in [0.4, 0.5) is 0 Å². The van der Waals surface area contributed by atoms with E-state index in [-0.39, 0.29) is 5.41 Å². The number of aromatic amines is 1. The number of nitrogens with zero attached hydrogens (tertiary/aromatic N) is 1. The Bertz CT molecular complexity index is 329. The van der Waals surface area contributed by atoms with Gasteiger partial charge < -0.3 is 4.98 Å². The molecule has 1 aromatic heterocycles. The van der Waals surface area contributed by atoms with E-state index < -0.39 is 0 Å². The van der Waals surface area contributed by atoms with Crippen LogP contribution in [0.5, 0.6) is 0 Å². The molecule has 0 amide bonds. The first kappa shape index (κ1) is 8.30. The van der Waals surface area contributed by atoms with Gasteiger partial charge in [0.1, 0.15) is 0 Å². The van der Waals surface area contributed by atoms with E-state index in [1.807, 2.05) is 0 Å². The van der Waals surface area contributed by atoms with E-state index in [4.69, 9.17) is 0 Å². The lowest BCUT2D eigenvalue weighted by Crippen LogP contribution is -2.05. The third kappa shape index (κ3) is 1.44. The van der Waals surface area contributed by atoms with Crippen molar-refractivity contribution in [3.05, 3.63) is 29.9 Å². The molecule has 1 atom stereocenters. The van der Waals surface area contributed by atoms with E-state index in [0.717, 1.165) is 17.8 Å². The molecule has 1 aromatic rings. The van der Waals surface area contributed by atoms with Crippen molar-refractivity contribution in [1.29, 1.82) is 0 Å². The fraction of sp³-hybridized carbons (Fsp3) is 0.364. The minimum atomic E-state index is 0.182. The van der Waals surface area contributed by atoms with E-state index in [1.54, 1.807) is 6.33 Å². The van der Waals surface area contributed by atoms with Crippen molar-refractivity contribution in [2.75, 3.05) is 0 Å². The van der Waals surface area contributed by atoms with Crippen molar-refractivity contribution in [3.63, 3.8) is 0 Å². The minimum absolute atomic E-state index is 0.182. The first-order valence-corrected chi connectivity index (χ1v) is 4.65. The smallest absolute Gasteiger partial charge is 0.0931 e. The van der Waals surface area contributed by atoms with Gasteiger partial charge in [-0.15, -0.1) is 0 Å². The van der Waals surface area contributed by atoms with Crippen LogP contribution in [0.15, 0.2) is 18.5 Å². The Morgan fingerprint density at radius 3 is 2.92 bits per heavy atom. The fourth-order valence-electron chi connectivity index (χ4n) is 1.42. The van der Waals surface area contributed by atoms with Crippen LogP contribution >= 0.6 is 0 Å². The number of rotatable bonds is 1. The maximum Gasteiger partial charge on any atom is 0.0931 e. The summed E-state index contributed by atoms with van der Waals surface area (Å²) in [5, 5.41) is 0. The van der Waals surface area contributed by atoms with Gasteiger partial charge in [-0.3, -0.25) is 0 Å². The molecule has 0 saturated heterocycles. The maximum absolute atomic E-state index is 4.22. The molecule has 2 heteroatoms. The highest BCUT2D eigenvalue weighted by Gasteiger charge is 2.17. The first-order valence-electron chi connectivity index (χ1n) is 4.65. The van der Waals surface area contributed by atoms with Gasteiger partial charge >= 0.3 is 0 Å². The molecule has 0 saturated carbocycles. The quantitative estimate of drug-likeness (QED) is 0.696. The molecule has 2 rings (SSSR count). The van der Waals surface area contributed by atoms with Crippen molar-refractivity contribution in [1.82, 2.24) is 9.97 Å². The Labute approximate surface area is 78.4 Å². The van der Waals surface area contributed by atoms with Gasteiger partial charge in [0.15, 0.2) is 0 Å². The van der Waals surface area contributed by atoms with Gasteiger partial charge in [-0.05, 0) is 18.6 Å². The Morgan fingerprint density at radius 2 is 2.15 bits per heavy atom. The zero-order chi connectivity index (χ0) is 9.31. The predicted molar refractivity (Wildman–Crippen MR) is 55.1 cm³/mol. The lowest BCUT2D eigenvalue weighted by molar-refractivity contribution is 0.536. The van der Waals surface area contributed by atoms with Crippen LogP contribution < -0.4 is 0 Å². The monoisotopic (exact) mass is 174 g/mol. The van der Waals surface area contributed by atoms with Crippen molar-refractivity contribution >= 4 is 12.2 Å². The van der Waals surface area contributed by atoms with Crippen molar-refractivity contribution < 1.29 is 0 Å². The summed E-state index contributed by atoms with van der Waals surface area (Å²) in [4.78, 5) is 7.33. The summed E-state index contributed by atoms with van der Waals surface area (Å²) in [5.41, 5.74) is 2.32. The second kappa shape index (κ2) is 2.87. The number of nitrogens with one attached hydrogen (secondary N) is 1. The number of hydrogen-bond donors (Lipinski definition) is 1. The highest BCUT2D eigenvalue weighted by molar-refractivity contribution is 5.63. The van der Waals surface area contributed by atoms with Crippen LogP contribution in [0.2, 0.25) is 0 Å². The van der Waals surface area contributed by atoms with Crippen LogP contribution in [-0.4, -0.2) is 9.97 Å². The molecule has 1 aliphatic rings. The lowest BCUT2D eigenvalue weighted by atomic mass is 9.87. The summed E-state index contributed by atoms with van der Waals surface area (Å²) in [7, 11) is 0. The molecule has 1 heterocycles. The van der Waals surface area contributed by atoms with Crippen LogP contribution in [0.25, 0.3) is 12.2 Å². The van der Waals surface area contributed by atoms with Crippen LogP contribution in [0, 0.1) is 5.41 Å². The van der Waals surface area contributed by atoms with Crippen LogP contribution in [-0.2, 0) is 0 Å². The third-order valence-corrected chi connectivity index (χ3v) is 2.71. The molecule has 0 spiro atoms. The molecule has 0 aromatic carbocycles. The summed E-state index contributed by atoms with van der Waals surface area (Å²) in [6.07, 6.45) is 11.5. The average molecular weight is 174 g/mol. The number of imidazole rings is 1. The predicted octanol–water partition coefficient (Wildman–Crippen LogP) is 2.87. The highest BCUT2D eigenvalue weighted by atomic mass is 14.9. The summed E-state index contributed by atoms with van der Waals surface area (Å²) < 4.78 is 0. The third-order valence-electron chi connectivity index (χ3n) is 2.71. The lowest BCUT2D eigenvalue weighted by Gasteiger charge is -2.17. The van der Waals surface area contributed by atoms with E-state index in [9.17, 15) is 0 Å². The van der Waals surface area contributed by atoms with Crippen molar-refractivity contribution in [2.45, 2.75) is 20.3 Å². The van der Waals surface area contributed by atoms with Gasteiger partial charge in [-0.25, -0.2) is 4.98 Å². The van der Waals surface area contributed by atoms with Gasteiger partial charge in [0.2, 0.25) is 0 Å². The SMILES string of the molecule is CCC1(C)C=Cc2nc[nH]c2C=C1. The largest absolute Gasteiger partial charge is 0.345 e. The van der Waals surface area contributed by atoms with E-state index >= 15 is 0 Å². The number of hydrogen-bond acceptors (Lipinski definition) is 1. The minimum Gasteiger partial charge on any atom is -0.345 e.